The molecular formula is C6H11NO2. The van der Waals surface area contributed by atoms with Crippen molar-refractivity contribution in [2.45, 2.75) is 6.42 Å². The lowest BCUT2D eigenvalue weighted by Gasteiger charge is -2.18. The summed E-state index contributed by atoms with van der Waals surface area (Å²) in [6.45, 7) is 4.14. The van der Waals surface area contributed by atoms with Crippen LogP contribution in [0.5, 0.6) is 0 Å². The number of carbonyl (C=O) groups is 1. The van der Waals surface area contributed by atoms with E-state index in [0.29, 0.717) is 19.5 Å². The molecule has 0 aliphatic rings. The molecule has 1 N–H and O–H groups in total. The van der Waals surface area contributed by atoms with Gasteiger partial charge in [-0.3, -0.25) is 0 Å². The van der Waals surface area contributed by atoms with Crippen LogP contribution in [0, 0.1) is 5.21 Å². The fourth-order valence-electron chi connectivity index (χ4n) is 0.483. The normalized spacial score (nSPS) is 12.6. The lowest BCUT2D eigenvalue weighted by molar-refractivity contribution is -0.840. The second kappa shape index (κ2) is 5.47. The standard InChI is InChI=1S/C6H11NO2/c1-2-4-7(9)5-3-6-8/h2,6-7H,1,3-5H2. The number of hydrogen-bond donors (Lipinski definition) is 1. The third-order valence-electron chi connectivity index (χ3n) is 0.913. The van der Waals surface area contributed by atoms with Gasteiger partial charge in [-0.2, -0.15) is 0 Å². The lowest BCUT2D eigenvalue weighted by atomic mass is 10.4. The van der Waals surface area contributed by atoms with Crippen molar-refractivity contribution >= 4 is 6.29 Å². The quantitative estimate of drug-likeness (QED) is 0.298. The van der Waals surface area contributed by atoms with Gasteiger partial charge in [-0.25, -0.2) is 0 Å². The van der Waals surface area contributed by atoms with Crippen molar-refractivity contribution in [1.29, 1.82) is 0 Å². The van der Waals surface area contributed by atoms with E-state index in [1.807, 2.05) is 0 Å². The molecule has 0 aromatic rings. The van der Waals surface area contributed by atoms with Crippen LogP contribution in [0.2, 0.25) is 0 Å². The summed E-state index contributed by atoms with van der Waals surface area (Å²) in [5.74, 6) is 0. The zero-order valence-electron chi connectivity index (χ0n) is 5.30. The number of carbonyl (C=O) groups excluding carboxylic acids is 1. The average Bonchev–Trinajstić information content (AvgIpc) is 1.85. The van der Waals surface area contributed by atoms with Gasteiger partial charge in [-0.1, -0.05) is 6.58 Å². The molecule has 0 saturated carbocycles. The average molecular weight is 129 g/mol. The summed E-state index contributed by atoms with van der Waals surface area (Å²) in [5.41, 5.74) is 0. The van der Waals surface area contributed by atoms with E-state index < -0.39 is 0 Å². The summed E-state index contributed by atoms with van der Waals surface area (Å²) in [4.78, 5) is 9.74. The number of hydroxylamine groups is 2. The van der Waals surface area contributed by atoms with Crippen LogP contribution >= 0.6 is 0 Å². The first-order valence-corrected chi connectivity index (χ1v) is 2.87. The van der Waals surface area contributed by atoms with Crippen molar-refractivity contribution in [3.63, 3.8) is 0 Å². The zero-order chi connectivity index (χ0) is 7.11. The molecule has 0 bridgehead atoms. The fourth-order valence-corrected chi connectivity index (χ4v) is 0.483. The van der Waals surface area contributed by atoms with Crippen LogP contribution in [0.3, 0.4) is 0 Å². The number of nitrogens with one attached hydrogen (secondary N) is 1. The van der Waals surface area contributed by atoms with Gasteiger partial charge in [0.15, 0.2) is 0 Å². The van der Waals surface area contributed by atoms with E-state index in [1.165, 1.54) is 0 Å². The Bertz CT molecular complexity index is 93.1. The molecule has 1 atom stereocenters. The van der Waals surface area contributed by atoms with Crippen molar-refractivity contribution in [3.05, 3.63) is 17.9 Å². The van der Waals surface area contributed by atoms with Gasteiger partial charge in [-0.05, 0) is 6.08 Å². The highest BCUT2D eigenvalue weighted by molar-refractivity contribution is 5.49. The summed E-state index contributed by atoms with van der Waals surface area (Å²) < 4.78 is 0. The summed E-state index contributed by atoms with van der Waals surface area (Å²) in [6.07, 6.45) is 2.64. The Morgan fingerprint density at radius 1 is 1.67 bits per heavy atom. The SMILES string of the molecule is C=CC[NH+]([O-])CCC=O. The Kier molecular flexibility index (Phi) is 5.06. The Hall–Kier alpha value is -0.670. The Morgan fingerprint density at radius 3 is 2.78 bits per heavy atom. The first-order chi connectivity index (χ1) is 4.31. The molecule has 3 heteroatoms. The van der Waals surface area contributed by atoms with Crippen molar-refractivity contribution in [2.24, 2.45) is 0 Å². The van der Waals surface area contributed by atoms with E-state index in [0.717, 1.165) is 6.29 Å². The van der Waals surface area contributed by atoms with Gasteiger partial charge in [0.1, 0.15) is 6.29 Å². The zero-order valence-corrected chi connectivity index (χ0v) is 5.30. The summed E-state index contributed by atoms with van der Waals surface area (Å²) in [6, 6.07) is 0. The molecule has 0 aromatic carbocycles. The van der Waals surface area contributed by atoms with E-state index in [2.05, 4.69) is 6.58 Å². The maximum Gasteiger partial charge on any atom is 0.125 e. The van der Waals surface area contributed by atoms with Crippen LogP contribution < -0.4 is 5.06 Å². The number of rotatable bonds is 5. The minimum absolute atomic E-state index is 0.0806. The highest BCUT2D eigenvalue weighted by atomic mass is 16.5. The molecule has 0 rings (SSSR count). The molecule has 9 heavy (non-hydrogen) atoms. The third kappa shape index (κ3) is 5.20. The van der Waals surface area contributed by atoms with E-state index in [-0.39, 0.29) is 5.06 Å². The number of hydrogen-bond acceptors (Lipinski definition) is 2. The van der Waals surface area contributed by atoms with Crippen LogP contribution in [0.4, 0.5) is 0 Å². The van der Waals surface area contributed by atoms with Crippen molar-refractivity contribution in [3.8, 4) is 0 Å². The molecule has 0 aromatic heterocycles. The number of quaternary nitrogens is 1. The monoisotopic (exact) mass is 129 g/mol. The van der Waals surface area contributed by atoms with Crippen LogP contribution in [0.15, 0.2) is 12.7 Å². The molecule has 0 amide bonds. The minimum atomic E-state index is 0.0806. The van der Waals surface area contributed by atoms with Gasteiger partial charge in [0.05, 0.1) is 19.5 Å². The largest absolute Gasteiger partial charge is 0.634 e. The first-order valence-electron chi connectivity index (χ1n) is 2.87. The smallest absolute Gasteiger partial charge is 0.125 e. The number of aldehydes is 1. The molecule has 0 spiro atoms. The highest BCUT2D eigenvalue weighted by Gasteiger charge is 1.90. The predicted octanol–water partition coefficient (Wildman–Crippen LogP) is -0.856. The van der Waals surface area contributed by atoms with Crippen LogP contribution in [0.1, 0.15) is 6.42 Å². The highest BCUT2D eigenvalue weighted by Crippen LogP contribution is 1.60. The van der Waals surface area contributed by atoms with Gasteiger partial charge in [0.25, 0.3) is 0 Å². The van der Waals surface area contributed by atoms with E-state index in [9.17, 15) is 10.0 Å². The van der Waals surface area contributed by atoms with Crippen molar-refractivity contribution in [2.75, 3.05) is 13.1 Å². The van der Waals surface area contributed by atoms with Gasteiger partial charge in [-0.15, -0.1) is 0 Å². The Balaban J connectivity index is 3.14. The molecular weight excluding hydrogens is 118 g/mol. The van der Waals surface area contributed by atoms with E-state index in [1.54, 1.807) is 6.08 Å². The third-order valence-corrected chi connectivity index (χ3v) is 0.913. The molecule has 0 saturated heterocycles. The Labute approximate surface area is 54.5 Å². The predicted molar refractivity (Wildman–Crippen MR) is 34.9 cm³/mol. The van der Waals surface area contributed by atoms with E-state index in [4.69, 9.17) is 0 Å². The van der Waals surface area contributed by atoms with Gasteiger partial charge in [0.2, 0.25) is 0 Å². The second-order valence-electron chi connectivity index (χ2n) is 1.74. The van der Waals surface area contributed by atoms with Crippen LogP contribution in [0.25, 0.3) is 0 Å². The van der Waals surface area contributed by atoms with Gasteiger partial charge >= 0.3 is 0 Å². The minimum Gasteiger partial charge on any atom is -0.634 e. The summed E-state index contributed by atoms with van der Waals surface area (Å²) in [7, 11) is 0. The van der Waals surface area contributed by atoms with Crippen molar-refractivity contribution < 1.29 is 9.86 Å². The fraction of sp³-hybridized carbons (Fsp3) is 0.500. The molecule has 0 fully saturated rings. The molecule has 0 aliphatic heterocycles. The molecule has 0 radical (unpaired) electrons. The van der Waals surface area contributed by atoms with Gasteiger partial charge in [0, 0.05) is 0 Å². The van der Waals surface area contributed by atoms with Crippen LogP contribution in [-0.2, 0) is 4.79 Å². The van der Waals surface area contributed by atoms with Crippen LogP contribution in [-0.4, -0.2) is 19.4 Å². The Morgan fingerprint density at radius 2 is 2.33 bits per heavy atom. The topological polar surface area (TPSA) is 44.6 Å². The lowest BCUT2D eigenvalue weighted by Crippen LogP contribution is -3.06. The molecule has 0 heterocycles. The maximum atomic E-state index is 10.6. The van der Waals surface area contributed by atoms with Gasteiger partial charge < -0.3 is 15.1 Å². The molecule has 1 unspecified atom stereocenters. The van der Waals surface area contributed by atoms with Crippen molar-refractivity contribution in [1.82, 2.24) is 0 Å². The molecule has 3 nitrogen and oxygen atoms in total. The first kappa shape index (κ1) is 8.33. The van der Waals surface area contributed by atoms with E-state index >= 15 is 0 Å². The molecule has 0 aliphatic carbocycles. The summed E-state index contributed by atoms with van der Waals surface area (Å²) in [5, 5.41) is 10.7. The second-order valence-corrected chi connectivity index (χ2v) is 1.74. The molecule has 52 valence electrons. The summed E-state index contributed by atoms with van der Waals surface area (Å²) >= 11 is 0. The maximum absolute atomic E-state index is 10.6.